The van der Waals surface area contributed by atoms with Gasteiger partial charge in [0.15, 0.2) is 5.41 Å². The van der Waals surface area contributed by atoms with Crippen LogP contribution in [-0.4, -0.2) is 41.8 Å². The molecule has 1 heterocycles. The molecule has 0 radical (unpaired) electrons. The number of nitrogens with zero attached hydrogens (tertiary/aromatic N) is 2. The number of benzene rings is 2. The molecule has 152 valence electrons. The number of hydrogen-bond acceptors (Lipinski definition) is 4. The van der Waals surface area contributed by atoms with Crippen LogP contribution in [-0.2, 0) is 9.53 Å². The number of nitriles is 1. The molecule has 3 aliphatic rings. The molecule has 2 fully saturated rings. The third-order valence-corrected chi connectivity index (χ3v) is 7.25. The van der Waals surface area contributed by atoms with Gasteiger partial charge < -0.3 is 14.7 Å². The monoisotopic (exact) mass is 402 g/mol. The molecule has 1 saturated carbocycles. The Hall–Kier alpha value is -3.33. The zero-order chi connectivity index (χ0) is 20.9. The fourth-order valence-electron chi connectivity index (χ4n) is 5.38. The number of likely N-dealkylation sites (tertiary alicyclic amines) is 1. The summed E-state index contributed by atoms with van der Waals surface area (Å²) < 4.78 is 5.70. The van der Waals surface area contributed by atoms with E-state index in [4.69, 9.17) is 4.74 Å². The van der Waals surface area contributed by atoms with Crippen LogP contribution in [0.25, 0.3) is 11.1 Å². The van der Waals surface area contributed by atoms with E-state index in [-0.39, 0.29) is 18.6 Å². The first-order chi connectivity index (χ1) is 14.5. The topological polar surface area (TPSA) is 90.6 Å². The number of carboxylic acid groups (broad SMARTS) is 1. The van der Waals surface area contributed by atoms with Crippen LogP contribution in [0.5, 0.6) is 0 Å². The molecule has 0 aromatic heterocycles. The lowest BCUT2D eigenvalue weighted by Crippen LogP contribution is -2.42. The molecule has 1 aliphatic heterocycles. The molecule has 2 aliphatic carbocycles. The normalized spacial score (nSPS) is 23.4. The first-order valence-electron chi connectivity index (χ1n) is 10.3. The van der Waals surface area contributed by atoms with Crippen molar-refractivity contribution in [1.29, 1.82) is 5.26 Å². The number of fused-ring (bicyclic) bond motifs is 3. The highest BCUT2D eigenvalue weighted by atomic mass is 16.6. The average molecular weight is 402 g/mol. The van der Waals surface area contributed by atoms with Gasteiger partial charge in [0.2, 0.25) is 0 Å². The van der Waals surface area contributed by atoms with Crippen LogP contribution in [0.2, 0.25) is 0 Å². The van der Waals surface area contributed by atoms with Gasteiger partial charge in [-0.2, -0.15) is 5.26 Å². The summed E-state index contributed by atoms with van der Waals surface area (Å²) in [4.78, 5) is 25.9. The lowest BCUT2D eigenvalue weighted by Gasteiger charge is -2.33. The van der Waals surface area contributed by atoms with Gasteiger partial charge in [-0.1, -0.05) is 48.5 Å². The van der Waals surface area contributed by atoms with Gasteiger partial charge in [-0.15, -0.1) is 0 Å². The minimum Gasteiger partial charge on any atom is -0.480 e. The van der Waals surface area contributed by atoms with Crippen molar-refractivity contribution in [2.24, 2.45) is 10.8 Å². The van der Waals surface area contributed by atoms with Crippen molar-refractivity contribution in [3.63, 3.8) is 0 Å². The van der Waals surface area contributed by atoms with E-state index in [1.54, 1.807) is 4.90 Å². The van der Waals surface area contributed by atoms with Crippen molar-refractivity contribution in [3.8, 4) is 17.2 Å². The number of carboxylic acids is 1. The summed E-state index contributed by atoms with van der Waals surface area (Å²) in [5, 5.41) is 18.8. The molecule has 0 bridgehead atoms. The predicted octanol–water partition coefficient (Wildman–Crippen LogP) is 4.02. The fraction of sp³-hybridized carbons (Fsp3) is 0.375. The molecule has 2 aromatic carbocycles. The number of amides is 1. The van der Waals surface area contributed by atoms with Crippen LogP contribution in [0.3, 0.4) is 0 Å². The molecule has 1 atom stereocenters. The van der Waals surface area contributed by atoms with Crippen LogP contribution in [0.15, 0.2) is 48.5 Å². The van der Waals surface area contributed by atoms with E-state index in [2.05, 4.69) is 24.3 Å². The third-order valence-electron chi connectivity index (χ3n) is 7.25. The Morgan fingerprint density at radius 3 is 2.13 bits per heavy atom. The van der Waals surface area contributed by atoms with Crippen LogP contribution in [0.1, 0.15) is 36.3 Å². The molecule has 1 unspecified atom stereocenters. The lowest BCUT2D eigenvalue weighted by molar-refractivity contribution is -0.142. The van der Waals surface area contributed by atoms with Crippen molar-refractivity contribution in [3.05, 3.63) is 59.7 Å². The summed E-state index contributed by atoms with van der Waals surface area (Å²) in [6, 6.07) is 18.4. The van der Waals surface area contributed by atoms with Gasteiger partial charge in [0, 0.05) is 24.4 Å². The highest BCUT2D eigenvalue weighted by molar-refractivity contribution is 5.84. The molecular weight excluding hydrogens is 380 g/mol. The molecule has 1 N–H and O–H groups in total. The summed E-state index contributed by atoms with van der Waals surface area (Å²) in [6.45, 7) is 1.12. The zero-order valence-electron chi connectivity index (χ0n) is 16.5. The third kappa shape index (κ3) is 2.55. The van der Waals surface area contributed by atoms with Gasteiger partial charge in [-0.25, -0.2) is 4.79 Å². The van der Waals surface area contributed by atoms with Crippen molar-refractivity contribution in [2.75, 3.05) is 19.7 Å². The summed E-state index contributed by atoms with van der Waals surface area (Å²) in [5.41, 5.74) is 2.94. The second kappa shape index (κ2) is 6.60. The Morgan fingerprint density at radius 2 is 1.63 bits per heavy atom. The summed E-state index contributed by atoms with van der Waals surface area (Å²) >= 11 is 0. The van der Waals surface area contributed by atoms with Crippen molar-refractivity contribution in [1.82, 2.24) is 4.90 Å². The number of aliphatic carboxylic acids is 1. The molecule has 6 heteroatoms. The molecule has 6 nitrogen and oxygen atoms in total. The zero-order valence-corrected chi connectivity index (χ0v) is 16.5. The first-order valence-corrected chi connectivity index (χ1v) is 10.3. The largest absolute Gasteiger partial charge is 0.480 e. The number of carbonyl (C=O) groups is 2. The van der Waals surface area contributed by atoms with Crippen LogP contribution in [0.4, 0.5) is 4.79 Å². The Morgan fingerprint density at radius 1 is 1.07 bits per heavy atom. The number of hydrogen-bond donors (Lipinski definition) is 1. The number of carbonyl (C=O) groups excluding carboxylic acids is 1. The average Bonchev–Trinajstić information content (AvgIpc) is 3.30. The molecule has 5 rings (SSSR count). The summed E-state index contributed by atoms with van der Waals surface area (Å²) in [5.74, 6) is -1.03. The van der Waals surface area contributed by atoms with Gasteiger partial charge in [-0.3, -0.25) is 4.79 Å². The van der Waals surface area contributed by atoms with Crippen LogP contribution in [0, 0.1) is 22.2 Å². The standard InChI is InChI=1S/C24H22N2O4/c25-15-24(21(27)28)14-23(24)9-11-26(12-10-23)22(29)30-13-20-18-7-3-1-5-16(18)17-6-2-4-8-19(17)20/h1-8,20H,9-14H2,(H,27,28). The maximum Gasteiger partial charge on any atom is 0.409 e. The Kier molecular flexibility index (Phi) is 4.11. The van der Waals surface area contributed by atoms with E-state index in [9.17, 15) is 20.0 Å². The molecule has 1 saturated heterocycles. The fourth-order valence-corrected chi connectivity index (χ4v) is 5.38. The summed E-state index contributed by atoms with van der Waals surface area (Å²) in [7, 11) is 0. The highest BCUT2D eigenvalue weighted by Gasteiger charge is 2.73. The van der Waals surface area contributed by atoms with Gasteiger partial charge in [0.1, 0.15) is 6.61 Å². The molecule has 1 spiro atoms. The molecular formula is C24H22N2O4. The predicted molar refractivity (Wildman–Crippen MR) is 109 cm³/mol. The minimum atomic E-state index is -1.28. The molecule has 30 heavy (non-hydrogen) atoms. The van der Waals surface area contributed by atoms with Crippen LogP contribution >= 0.6 is 0 Å². The quantitative estimate of drug-likeness (QED) is 0.837. The highest BCUT2D eigenvalue weighted by Crippen LogP contribution is 2.68. The van der Waals surface area contributed by atoms with E-state index in [0.717, 1.165) is 0 Å². The maximum atomic E-state index is 12.7. The SMILES string of the molecule is N#CC1(C(=O)O)CC12CCN(C(=O)OCC1c3ccccc3-c3ccccc31)CC2. The van der Waals surface area contributed by atoms with Gasteiger partial charge in [-0.05, 0) is 41.5 Å². The van der Waals surface area contributed by atoms with Crippen molar-refractivity contribution >= 4 is 12.1 Å². The van der Waals surface area contributed by atoms with E-state index in [1.165, 1.54) is 22.3 Å². The molecule has 2 aromatic rings. The van der Waals surface area contributed by atoms with Gasteiger partial charge in [0.05, 0.1) is 6.07 Å². The Labute approximate surface area is 174 Å². The Bertz CT molecular complexity index is 1040. The smallest absolute Gasteiger partial charge is 0.409 e. The minimum absolute atomic E-state index is 0.0131. The second-order valence-corrected chi connectivity index (χ2v) is 8.57. The second-order valence-electron chi connectivity index (χ2n) is 8.57. The first kappa shape index (κ1) is 18.7. The van der Waals surface area contributed by atoms with E-state index < -0.39 is 16.8 Å². The van der Waals surface area contributed by atoms with Crippen molar-refractivity contribution in [2.45, 2.75) is 25.2 Å². The maximum absolute atomic E-state index is 12.7. The van der Waals surface area contributed by atoms with Crippen LogP contribution < -0.4 is 0 Å². The number of ether oxygens (including phenoxy) is 1. The lowest BCUT2D eigenvalue weighted by atomic mass is 9.85. The number of rotatable bonds is 3. The van der Waals surface area contributed by atoms with E-state index in [0.29, 0.717) is 32.4 Å². The van der Waals surface area contributed by atoms with Crippen molar-refractivity contribution < 1.29 is 19.4 Å². The van der Waals surface area contributed by atoms with Gasteiger partial charge >= 0.3 is 12.1 Å². The number of piperidine rings is 1. The van der Waals surface area contributed by atoms with E-state index in [1.807, 2.05) is 30.3 Å². The Balaban J connectivity index is 1.24. The summed E-state index contributed by atoms with van der Waals surface area (Å²) in [6.07, 6.45) is 1.06. The van der Waals surface area contributed by atoms with Gasteiger partial charge in [0.25, 0.3) is 0 Å². The molecule has 1 amide bonds. The van der Waals surface area contributed by atoms with E-state index >= 15 is 0 Å².